The molecule has 5 nitrogen and oxygen atoms in total. The van der Waals surface area contributed by atoms with Crippen LogP contribution in [0.1, 0.15) is 26.7 Å². The number of aromatic nitrogens is 2. The van der Waals surface area contributed by atoms with Gasteiger partial charge >= 0.3 is 0 Å². The first-order valence-electron chi connectivity index (χ1n) is 8.86. The Hall–Kier alpha value is -1.54. The molecule has 140 valence electrons. The second kappa shape index (κ2) is 8.43. The maximum Gasteiger partial charge on any atom is 0.225 e. The van der Waals surface area contributed by atoms with Gasteiger partial charge in [-0.1, -0.05) is 27.3 Å². The number of carbonyl (C=O) groups excluding carboxylic acids is 1. The third kappa shape index (κ3) is 4.06. The molecule has 8 heteroatoms. The van der Waals surface area contributed by atoms with Gasteiger partial charge in [0.25, 0.3) is 0 Å². The third-order valence-electron chi connectivity index (χ3n) is 4.76. The number of rotatable bonds is 5. The molecule has 2 aromatic rings. The van der Waals surface area contributed by atoms with Crippen molar-refractivity contribution in [2.24, 2.45) is 5.92 Å². The molecule has 1 fully saturated rings. The summed E-state index contributed by atoms with van der Waals surface area (Å²) in [6.07, 6.45) is 1.63. The molecular formula is C18H22BrFN4OS. The average molecular weight is 441 g/mol. The summed E-state index contributed by atoms with van der Waals surface area (Å²) in [6, 6.07) is 4.80. The Balaban J connectivity index is 1.67. The summed E-state index contributed by atoms with van der Waals surface area (Å²) >= 11 is 4.75. The van der Waals surface area contributed by atoms with Crippen molar-refractivity contribution >= 4 is 38.3 Å². The van der Waals surface area contributed by atoms with Crippen LogP contribution in [-0.4, -0.2) is 47.2 Å². The quantitative estimate of drug-likeness (QED) is 0.698. The summed E-state index contributed by atoms with van der Waals surface area (Å²) in [5, 5.41) is 9.76. The molecule has 0 unspecified atom stereocenters. The van der Waals surface area contributed by atoms with Gasteiger partial charge in [-0.2, -0.15) is 0 Å². The number of halogens is 2. The number of nitrogens with zero attached hydrogens (tertiary/aromatic N) is 4. The van der Waals surface area contributed by atoms with Crippen molar-refractivity contribution in [3.8, 4) is 10.6 Å². The maximum absolute atomic E-state index is 14.1. The molecule has 0 aliphatic carbocycles. The van der Waals surface area contributed by atoms with E-state index in [9.17, 15) is 9.18 Å². The topological polar surface area (TPSA) is 49.3 Å². The molecule has 1 aromatic heterocycles. The molecule has 0 atom stereocenters. The van der Waals surface area contributed by atoms with Crippen LogP contribution in [0.15, 0.2) is 22.7 Å². The van der Waals surface area contributed by atoms with Gasteiger partial charge < -0.3 is 9.80 Å². The van der Waals surface area contributed by atoms with E-state index in [0.717, 1.165) is 48.6 Å². The first-order chi connectivity index (χ1) is 12.5. The molecule has 0 N–H and O–H groups in total. The average Bonchev–Trinajstić information content (AvgIpc) is 3.14. The van der Waals surface area contributed by atoms with Gasteiger partial charge in [0, 0.05) is 42.1 Å². The maximum atomic E-state index is 14.1. The summed E-state index contributed by atoms with van der Waals surface area (Å²) in [4.78, 5) is 16.5. The second-order valence-electron chi connectivity index (χ2n) is 6.29. The van der Waals surface area contributed by atoms with E-state index in [1.54, 1.807) is 12.1 Å². The molecule has 0 spiro atoms. The summed E-state index contributed by atoms with van der Waals surface area (Å²) < 4.78 is 14.9. The Bertz CT molecular complexity index is 772. The van der Waals surface area contributed by atoms with E-state index >= 15 is 0 Å². The molecule has 1 aliphatic rings. The fourth-order valence-electron chi connectivity index (χ4n) is 3.22. The number of benzene rings is 1. The van der Waals surface area contributed by atoms with E-state index in [1.807, 2.05) is 18.7 Å². The van der Waals surface area contributed by atoms with Crippen molar-refractivity contribution in [3.63, 3.8) is 0 Å². The summed E-state index contributed by atoms with van der Waals surface area (Å²) in [5.74, 6) is 0.0318. The zero-order valence-electron chi connectivity index (χ0n) is 14.9. The van der Waals surface area contributed by atoms with Crippen molar-refractivity contribution in [1.82, 2.24) is 15.1 Å². The van der Waals surface area contributed by atoms with E-state index in [2.05, 4.69) is 31.0 Å². The number of piperidine rings is 1. The van der Waals surface area contributed by atoms with Crippen LogP contribution in [0.4, 0.5) is 9.52 Å². The molecule has 0 bridgehead atoms. The molecule has 1 aliphatic heterocycles. The molecule has 26 heavy (non-hydrogen) atoms. The Morgan fingerprint density at radius 2 is 2.00 bits per heavy atom. The lowest BCUT2D eigenvalue weighted by Gasteiger charge is -2.33. The lowest BCUT2D eigenvalue weighted by Crippen LogP contribution is -2.42. The monoisotopic (exact) mass is 440 g/mol. The molecule has 3 rings (SSSR count). The molecular weight excluding hydrogens is 419 g/mol. The van der Waals surface area contributed by atoms with E-state index in [0.29, 0.717) is 10.6 Å². The fourth-order valence-corrected chi connectivity index (χ4v) is 4.50. The number of hydrogen-bond acceptors (Lipinski definition) is 5. The highest BCUT2D eigenvalue weighted by Gasteiger charge is 2.29. The predicted octanol–water partition coefficient (Wildman–Crippen LogP) is 4.19. The molecule has 0 saturated carbocycles. The van der Waals surface area contributed by atoms with Crippen LogP contribution in [-0.2, 0) is 4.79 Å². The largest absolute Gasteiger partial charge is 0.347 e. The van der Waals surface area contributed by atoms with Crippen molar-refractivity contribution in [1.29, 1.82) is 0 Å². The Labute approximate surface area is 165 Å². The van der Waals surface area contributed by atoms with E-state index in [1.165, 1.54) is 17.4 Å². The van der Waals surface area contributed by atoms with Crippen LogP contribution in [0, 0.1) is 11.7 Å². The summed E-state index contributed by atoms with van der Waals surface area (Å²) in [7, 11) is 0. The van der Waals surface area contributed by atoms with Crippen LogP contribution >= 0.6 is 27.3 Å². The fraction of sp³-hybridized carbons (Fsp3) is 0.500. The van der Waals surface area contributed by atoms with Gasteiger partial charge in [0.05, 0.1) is 0 Å². The normalized spacial score (nSPS) is 15.3. The number of hydrogen-bond donors (Lipinski definition) is 0. The lowest BCUT2D eigenvalue weighted by molar-refractivity contribution is -0.135. The summed E-state index contributed by atoms with van der Waals surface area (Å²) in [5.41, 5.74) is 0.453. The highest BCUT2D eigenvalue weighted by atomic mass is 79.9. The van der Waals surface area contributed by atoms with Gasteiger partial charge in [0.15, 0.2) is 5.01 Å². The first-order valence-corrected chi connectivity index (χ1v) is 10.5. The lowest BCUT2D eigenvalue weighted by atomic mass is 9.95. The van der Waals surface area contributed by atoms with Gasteiger partial charge in [0.2, 0.25) is 11.0 Å². The molecule has 0 radical (unpaired) electrons. The SMILES string of the molecule is CCN(CC)C(=O)C1CCN(c2nnc(-c3cc(Br)ccc3F)s2)CC1. The van der Waals surface area contributed by atoms with Gasteiger partial charge in [-0.05, 0) is 44.9 Å². The standard InChI is InChI=1S/C18H22BrFN4OS/c1-3-23(4-2)17(25)12-7-9-24(10-8-12)18-22-21-16(26-18)14-11-13(19)5-6-15(14)20/h5-6,11-12H,3-4,7-10H2,1-2H3. The number of carbonyl (C=O) groups is 1. The molecule has 1 aromatic carbocycles. The third-order valence-corrected chi connectivity index (χ3v) is 6.27. The van der Waals surface area contributed by atoms with Crippen LogP contribution < -0.4 is 4.90 Å². The van der Waals surface area contributed by atoms with Crippen LogP contribution in [0.2, 0.25) is 0 Å². The van der Waals surface area contributed by atoms with Crippen LogP contribution in [0.25, 0.3) is 10.6 Å². The molecule has 1 amide bonds. The smallest absolute Gasteiger partial charge is 0.225 e. The van der Waals surface area contributed by atoms with E-state index < -0.39 is 0 Å². The van der Waals surface area contributed by atoms with Crippen molar-refractivity contribution < 1.29 is 9.18 Å². The van der Waals surface area contributed by atoms with Crippen LogP contribution in [0.5, 0.6) is 0 Å². The second-order valence-corrected chi connectivity index (χ2v) is 8.16. The highest BCUT2D eigenvalue weighted by molar-refractivity contribution is 9.10. The minimum atomic E-state index is -0.306. The predicted molar refractivity (Wildman–Crippen MR) is 106 cm³/mol. The van der Waals surface area contributed by atoms with E-state index in [4.69, 9.17) is 0 Å². The minimum Gasteiger partial charge on any atom is -0.347 e. The number of amides is 1. The van der Waals surface area contributed by atoms with Gasteiger partial charge in [-0.3, -0.25) is 4.79 Å². The zero-order valence-corrected chi connectivity index (χ0v) is 17.3. The first kappa shape index (κ1) is 19.2. The van der Waals surface area contributed by atoms with Gasteiger partial charge in [0.1, 0.15) is 5.82 Å². The Kier molecular flexibility index (Phi) is 6.24. The Morgan fingerprint density at radius 1 is 1.31 bits per heavy atom. The number of anilines is 1. The van der Waals surface area contributed by atoms with Crippen molar-refractivity contribution in [3.05, 3.63) is 28.5 Å². The van der Waals surface area contributed by atoms with Crippen LogP contribution in [0.3, 0.4) is 0 Å². The Morgan fingerprint density at radius 3 is 2.65 bits per heavy atom. The minimum absolute atomic E-state index is 0.0843. The molecule has 2 heterocycles. The zero-order chi connectivity index (χ0) is 18.7. The van der Waals surface area contributed by atoms with Crippen molar-refractivity contribution in [2.45, 2.75) is 26.7 Å². The van der Waals surface area contributed by atoms with Gasteiger partial charge in [-0.15, -0.1) is 10.2 Å². The molecule has 1 saturated heterocycles. The van der Waals surface area contributed by atoms with Gasteiger partial charge in [-0.25, -0.2) is 4.39 Å². The van der Waals surface area contributed by atoms with Crippen molar-refractivity contribution in [2.75, 3.05) is 31.1 Å². The van der Waals surface area contributed by atoms with E-state index in [-0.39, 0.29) is 17.6 Å². The summed E-state index contributed by atoms with van der Waals surface area (Å²) in [6.45, 7) is 7.09. The highest BCUT2D eigenvalue weighted by Crippen LogP contribution is 2.33.